The first kappa shape index (κ1) is 18.6. The molecule has 3 rings (SSSR count). The molecule has 129 valence electrons. The second kappa shape index (κ2) is 8.44. The average molecular weight is 349 g/mol. The van der Waals surface area contributed by atoms with E-state index < -0.39 is 0 Å². The Morgan fingerprint density at radius 3 is 1.63 bits per heavy atom. The molecule has 0 bridgehead atoms. The molecule has 0 nitrogen and oxygen atoms in total. The molecular weight excluding hydrogens is 330 g/mol. The van der Waals surface area contributed by atoms with Crippen molar-refractivity contribution >= 4 is 12.7 Å². The monoisotopic (exact) mass is 349 g/mol. The lowest BCUT2D eigenvalue weighted by Gasteiger charge is -2.01. The Hall–Kier alpha value is -3.23. The molecule has 0 atom stereocenters. The van der Waals surface area contributed by atoms with Crippen LogP contribution in [0, 0.1) is 43.3 Å². The van der Waals surface area contributed by atoms with Gasteiger partial charge in [-0.1, -0.05) is 53.7 Å². The number of aryl methyl sites for hydroxylation is 2. The van der Waals surface area contributed by atoms with Gasteiger partial charge in [-0.25, -0.2) is 4.39 Å². The number of benzene rings is 3. The lowest BCUT2D eigenvalue weighted by atomic mass is 9.71. The zero-order chi connectivity index (χ0) is 19.2. The van der Waals surface area contributed by atoms with Gasteiger partial charge < -0.3 is 0 Å². The third-order valence-corrected chi connectivity index (χ3v) is 4.34. The fourth-order valence-corrected chi connectivity index (χ4v) is 2.67. The fourth-order valence-electron chi connectivity index (χ4n) is 2.67. The van der Waals surface area contributed by atoms with Gasteiger partial charge in [0.2, 0.25) is 0 Å². The lowest BCUT2D eigenvalue weighted by Crippen LogP contribution is -2.13. The normalized spacial score (nSPS) is 9.63. The number of rotatable bonds is 1. The SMILES string of the molecule is C[B]c1ccc(C#Cc2ccc(C#Cc3ccc(C)c(F)c3)cc2)cc1C. The summed E-state index contributed by atoms with van der Waals surface area (Å²) in [6, 6.07) is 19.0. The van der Waals surface area contributed by atoms with Gasteiger partial charge in [-0.3, -0.25) is 0 Å². The number of hydrogen-bond donors (Lipinski definition) is 0. The molecule has 0 aliphatic heterocycles. The van der Waals surface area contributed by atoms with Crippen molar-refractivity contribution in [2.45, 2.75) is 20.7 Å². The average Bonchev–Trinajstić information content (AvgIpc) is 2.68. The molecule has 1 radical (unpaired) electrons. The predicted molar refractivity (Wildman–Crippen MR) is 112 cm³/mol. The van der Waals surface area contributed by atoms with E-state index in [-0.39, 0.29) is 5.82 Å². The molecule has 3 aromatic rings. The minimum absolute atomic E-state index is 0.229. The zero-order valence-electron chi connectivity index (χ0n) is 15.7. The Morgan fingerprint density at radius 2 is 1.11 bits per heavy atom. The second-order valence-electron chi connectivity index (χ2n) is 6.40. The Bertz CT molecular complexity index is 1090. The third kappa shape index (κ3) is 4.90. The summed E-state index contributed by atoms with van der Waals surface area (Å²) in [5.41, 5.74) is 6.57. The molecule has 0 spiro atoms. The van der Waals surface area contributed by atoms with Crippen LogP contribution in [0.15, 0.2) is 60.7 Å². The van der Waals surface area contributed by atoms with Crippen LogP contribution in [0.3, 0.4) is 0 Å². The van der Waals surface area contributed by atoms with E-state index >= 15 is 0 Å². The molecule has 0 heterocycles. The van der Waals surface area contributed by atoms with Gasteiger partial charge in [-0.15, -0.1) is 0 Å². The van der Waals surface area contributed by atoms with E-state index in [1.807, 2.05) is 43.2 Å². The quantitative estimate of drug-likeness (QED) is 0.444. The zero-order valence-corrected chi connectivity index (χ0v) is 15.7. The topological polar surface area (TPSA) is 0 Å². The van der Waals surface area contributed by atoms with Crippen molar-refractivity contribution in [3.63, 3.8) is 0 Å². The highest BCUT2D eigenvalue weighted by molar-refractivity contribution is 6.52. The second-order valence-corrected chi connectivity index (χ2v) is 6.40. The van der Waals surface area contributed by atoms with Crippen LogP contribution < -0.4 is 5.46 Å². The summed E-state index contributed by atoms with van der Waals surface area (Å²) < 4.78 is 13.6. The molecule has 0 saturated carbocycles. The molecule has 0 fully saturated rings. The fraction of sp³-hybridized carbons (Fsp3) is 0.120. The van der Waals surface area contributed by atoms with Gasteiger partial charge in [-0.2, -0.15) is 0 Å². The van der Waals surface area contributed by atoms with Crippen molar-refractivity contribution in [2.75, 3.05) is 0 Å². The van der Waals surface area contributed by atoms with E-state index in [0.29, 0.717) is 11.1 Å². The summed E-state index contributed by atoms with van der Waals surface area (Å²) in [5, 5.41) is 0. The Morgan fingerprint density at radius 1 is 0.630 bits per heavy atom. The van der Waals surface area contributed by atoms with E-state index in [4.69, 9.17) is 0 Å². The van der Waals surface area contributed by atoms with Gasteiger partial charge in [0.1, 0.15) is 13.1 Å². The summed E-state index contributed by atoms with van der Waals surface area (Å²) >= 11 is 0. The van der Waals surface area contributed by atoms with E-state index in [2.05, 4.69) is 50.0 Å². The van der Waals surface area contributed by atoms with Crippen LogP contribution in [-0.2, 0) is 0 Å². The van der Waals surface area contributed by atoms with Crippen molar-refractivity contribution in [2.24, 2.45) is 0 Å². The van der Waals surface area contributed by atoms with Crippen LogP contribution in [-0.4, -0.2) is 7.28 Å². The van der Waals surface area contributed by atoms with Crippen molar-refractivity contribution in [1.82, 2.24) is 0 Å². The molecule has 0 amide bonds. The largest absolute Gasteiger partial charge is 0.207 e. The Balaban J connectivity index is 1.74. The molecular formula is C25H19BF. The van der Waals surface area contributed by atoms with Crippen molar-refractivity contribution < 1.29 is 4.39 Å². The summed E-state index contributed by atoms with van der Waals surface area (Å²) in [6.07, 6.45) is 0. The van der Waals surface area contributed by atoms with Crippen LogP contribution >= 0.6 is 0 Å². The highest BCUT2D eigenvalue weighted by atomic mass is 19.1. The van der Waals surface area contributed by atoms with Crippen LogP contribution in [0.4, 0.5) is 4.39 Å². The molecule has 27 heavy (non-hydrogen) atoms. The molecule has 0 N–H and O–H groups in total. The van der Waals surface area contributed by atoms with Gasteiger partial charge in [0.15, 0.2) is 0 Å². The van der Waals surface area contributed by atoms with Gasteiger partial charge in [0.25, 0.3) is 0 Å². The summed E-state index contributed by atoms with van der Waals surface area (Å²) in [4.78, 5) is 0. The number of halogens is 1. The smallest absolute Gasteiger partial charge is 0.148 e. The predicted octanol–water partition coefficient (Wildman–Crippen LogP) is 4.62. The van der Waals surface area contributed by atoms with Crippen LogP contribution in [0.2, 0.25) is 6.82 Å². The minimum Gasteiger partial charge on any atom is -0.207 e. The van der Waals surface area contributed by atoms with Crippen LogP contribution in [0.1, 0.15) is 33.4 Å². The summed E-state index contributed by atoms with van der Waals surface area (Å²) in [5.74, 6) is 12.2. The molecule has 0 saturated heterocycles. The molecule has 0 aliphatic carbocycles. The maximum atomic E-state index is 13.6. The third-order valence-electron chi connectivity index (χ3n) is 4.34. The van der Waals surface area contributed by atoms with Crippen molar-refractivity contribution in [3.05, 3.63) is 99.9 Å². The van der Waals surface area contributed by atoms with Gasteiger partial charge in [0.05, 0.1) is 0 Å². The molecule has 3 aromatic carbocycles. The Labute approximate surface area is 161 Å². The van der Waals surface area contributed by atoms with Crippen LogP contribution in [0.25, 0.3) is 0 Å². The first-order valence-corrected chi connectivity index (χ1v) is 8.85. The van der Waals surface area contributed by atoms with Crippen molar-refractivity contribution in [1.29, 1.82) is 0 Å². The van der Waals surface area contributed by atoms with Gasteiger partial charge in [-0.05, 0) is 67.9 Å². The minimum atomic E-state index is -0.229. The first-order chi connectivity index (χ1) is 13.0. The van der Waals surface area contributed by atoms with Gasteiger partial charge >= 0.3 is 0 Å². The molecule has 0 unspecified atom stereocenters. The molecule has 0 aromatic heterocycles. The van der Waals surface area contributed by atoms with Gasteiger partial charge in [0, 0.05) is 22.3 Å². The highest BCUT2D eigenvalue weighted by Gasteiger charge is 1.98. The molecule has 2 heteroatoms. The standard InChI is InChI=1S/C25H19BF/c1-18-4-5-23(17-25(18)27)13-11-21-8-6-20(7-9-21)10-12-22-14-15-24(26-3)19(2)16-22/h4-9,14-17H,1-3H3. The lowest BCUT2D eigenvalue weighted by molar-refractivity contribution is 0.618. The maximum absolute atomic E-state index is 13.6. The van der Waals surface area contributed by atoms with E-state index in [9.17, 15) is 4.39 Å². The molecule has 0 aliphatic rings. The summed E-state index contributed by atoms with van der Waals surface area (Å²) in [7, 11) is 2.09. The van der Waals surface area contributed by atoms with E-state index in [1.54, 1.807) is 13.0 Å². The first-order valence-electron chi connectivity index (χ1n) is 8.85. The van der Waals surface area contributed by atoms with E-state index in [1.165, 1.54) is 17.1 Å². The van der Waals surface area contributed by atoms with Crippen LogP contribution in [0.5, 0.6) is 0 Å². The maximum Gasteiger partial charge on any atom is 0.148 e. The highest BCUT2D eigenvalue weighted by Crippen LogP contribution is 2.09. The number of hydrogen-bond acceptors (Lipinski definition) is 0. The van der Waals surface area contributed by atoms with E-state index in [0.717, 1.165) is 16.7 Å². The Kier molecular flexibility index (Phi) is 5.80. The summed E-state index contributed by atoms with van der Waals surface area (Å²) in [6.45, 7) is 5.87. The van der Waals surface area contributed by atoms with Crippen molar-refractivity contribution in [3.8, 4) is 23.7 Å².